The Morgan fingerprint density at radius 3 is 1.21 bits per heavy atom. The average molecular weight is 1990 g/mol. The van der Waals surface area contributed by atoms with Crippen molar-refractivity contribution < 1.29 is 135 Å². The van der Waals surface area contributed by atoms with E-state index in [1.807, 2.05) is 6.92 Å². The van der Waals surface area contributed by atoms with Crippen molar-refractivity contribution in [2.45, 2.75) is 395 Å². The van der Waals surface area contributed by atoms with Gasteiger partial charge in [-0.25, -0.2) is 9.13 Å². The molecular formula is C98H162N10O28P2. The minimum atomic E-state index is -5.97. The summed E-state index contributed by atoms with van der Waals surface area (Å²) in [6, 6.07) is -12.6. The number of amides is 9. The van der Waals surface area contributed by atoms with E-state index in [-0.39, 0.29) is 25.8 Å². The van der Waals surface area contributed by atoms with Crippen LogP contribution in [-0.2, 0) is 94.2 Å². The summed E-state index contributed by atoms with van der Waals surface area (Å²) in [7, 11) is -11.5. The van der Waals surface area contributed by atoms with E-state index >= 15 is 0 Å². The van der Waals surface area contributed by atoms with Gasteiger partial charge in [-0.3, -0.25) is 61.8 Å². The normalized spacial score (nSPS) is 22.0. The molecule has 0 bridgehead atoms. The molecule has 2 saturated heterocycles. The molecule has 40 heteroatoms. The molecule has 38 nitrogen and oxygen atoms in total. The van der Waals surface area contributed by atoms with E-state index in [1.165, 1.54) is 70.1 Å². The fourth-order valence-electron chi connectivity index (χ4n) is 14.6. The number of aliphatic hydroxyl groups is 4. The summed E-state index contributed by atoms with van der Waals surface area (Å²) >= 11 is 0. The van der Waals surface area contributed by atoms with Crippen molar-refractivity contribution in [1.29, 1.82) is 0 Å². The monoisotopic (exact) mass is 1990 g/mol. The van der Waals surface area contributed by atoms with Gasteiger partial charge in [-0.2, -0.15) is 4.31 Å². The second kappa shape index (κ2) is 66.8. The van der Waals surface area contributed by atoms with Crippen molar-refractivity contribution in [1.82, 2.24) is 42.5 Å². The molecule has 0 spiro atoms. The maximum absolute atomic E-state index is 14.2. The van der Waals surface area contributed by atoms with Crippen molar-refractivity contribution in [3.05, 3.63) is 128 Å². The maximum Gasteiger partial charge on any atom is 0.483 e. The van der Waals surface area contributed by atoms with Gasteiger partial charge in [0.1, 0.15) is 91.1 Å². The Hall–Kier alpha value is -8.79. The number of primary amides is 1. The Bertz CT molecular complexity index is 4400. The number of unbranched alkanes of at least 4 members (excludes halogenated alkanes) is 1. The highest BCUT2D eigenvalue weighted by Gasteiger charge is 2.55. The van der Waals surface area contributed by atoms with E-state index in [1.54, 1.807) is 6.92 Å². The van der Waals surface area contributed by atoms with Crippen molar-refractivity contribution in [3.63, 3.8) is 0 Å². The predicted molar refractivity (Wildman–Crippen MR) is 525 cm³/mol. The van der Waals surface area contributed by atoms with Crippen LogP contribution in [0.3, 0.4) is 0 Å². The number of aliphatic carboxylic acids is 2. The zero-order valence-electron chi connectivity index (χ0n) is 84.2. The first-order chi connectivity index (χ1) is 64.8. The summed E-state index contributed by atoms with van der Waals surface area (Å²) in [6.45, 7) is 29.7. The Kier molecular flexibility index (Phi) is 60.7. The highest BCUT2D eigenvalue weighted by atomic mass is 31.3. The summed E-state index contributed by atoms with van der Waals surface area (Å²) in [5.74, 6) is -11.5. The first-order valence-corrected chi connectivity index (χ1v) is 50.7. The molecule has 138 heavy (non-hydrogen) atoms. The quantitative estimate of drug-likeness (QED) is 0.0153. The van der Waals surface area contributed by atoms with Crippen LogP contribution in [0.25, 0.3) is 0 Å². The van der Waals surface area contributed by atoms with Crippen LogP contribution in [0, 0.1) is 0 Å². The number of carbonyl (C=O) groups is 11. The largest absolute Gasteiger partial charge is 0.483 e. The number of aliphatic hydroxyl groups excluding tert-OH is 4. The van der Waals surface area contributed by atoms with Crippen LogP contribution in [0.2, 0.25) is 0 Å². The maximum atomic E-state index is 14.2. The molecule has 0 aliphatic carbocycles. The van der Waals surface area contributed by atoms with Crippen LogP contribution in [0.4, 0.5) is 0 Å². The number of carbonyl (C=O) groups excluding carboxylic acids is 9. The molecule has 2 aliphatic heterocycles. The van der Waals surface area contributed by atoms with Gasteiger partial charge in [0.2, 0.25) is 53.2 Å². The fraction of sp³-hybridized carbons (Fsp3) is 0.663. The van der Waals surface area contributed by atoms with E-state index in [0.717, 1.165) is 149 Å². The van der Waals surface area contributed by atoms with Crippen LogP contribution >= 0.6 is 15.6 Å². The summed E-state index contributed by atoms with van der Waals surface area (Å²) in [5.41, 5.74) is 25.8. The molecule has 19 atom stereocenters. The summed E-state index contributed by atoms with van der Waals surface area (Å²) in [6.07, 6.45) is 25.6. The molecule has 9 amide bonds. The third-order valence-corrected chi connectivity index (χ3v) is 25.7. The summed E-state index contributed by atoms with van der Waals surface area (Å²) < 4.78 is 66.5. The van der Waals surface area contributed by atoms with Crippen LogP contribution < -0.4 is 54.0 Å². The topological polar surface area (TPSA) is 597 Å². The first-order valence-electron chi connectivity index (χ1n) is 47.7. The second-order valence-corrected chi connectivity index (χ2v) is 39.5. The zero-order valence-corrected chi connectivity index (χ0v) is 86.0. The summed E-state index contributed by atoms with van der Waals surface area (Å²) in [5, 5.41) is 80.3. The fourth-order valence-corrected chi connectivity index (χ4v) is 16.7. The lowest BCUT2D eigenvalue weighted by molar-refractivity contribution is -0.331. The molecule has 782 valence electrons. The molecule has 0 aromatic heterocycles. The molecule has 0 aromatic rings. The molecule has 2 fully saturated rings. The van der Waals surface area contributed by atoms with Gasteiger partial charge in [0, 0.05) is 26.8 Å². The number of allylic oxidation sites excluding steroid dienone is 21. The standard InChI is InChI=1S/C98H162N10O28P2/c1-60(2)31-21-32-61(3)33-22-34-62(4)35-23-36-63(5)37-24-38-64(6)39-25-40-65(7)41-26-42-66(8)43-27-44-67(9)45-28-46-68(10)47-29-48-69(11)49-30-50-70(12)54-56-130-137(126,127)136-138(128,129)135-98-85(106-76(18)112)89(88(81(59-110)133-98)134-97-84(105-75(17)111)87(116)86(115)80(58-109)132-97)131-74(16)93(120)102-72(14)92(119)108-78(90(100)117)52-53-82(113)107-79(51-19-20-55-101-83(114)57-77(99)96(124)125)94(121)103-71(13)91(118)104-73(15)95(122)123/h31,33,35,37,39,41,43,45,47,49,54,71-74,77-81,84-89,97-98,109-110,115-116H,19-30,32,34,36,38,40,42,44,46,48,50-53,55-59,99H2,1-18H3,(H2,100,117)(H,101,114)(H,102,120)(H,103,121)(H,104,118)(H,105,111)(H,106,112)(H,107,113)(H,108,119)(H,122,123)(H,124,125)(H,126,127)(H,128,129)/b61-33+,62-35+,63-37-,64-39-,65-41-,66-43-,67-45-,68-47-,69-49-,70-54-/t71-,72+,73-,74-,77-,78-,79+,80-,81-,84-,85-,86-,87-,88-,89-,97+,98-/m1/s1. The molecule has 2 unspecified atom stereocenters. The van der Waals surface area contributed by atoms with Crippen LogP contribution in [0.5, 0.6) is 0 Å². The number of rotatable bonds is 67. The summed E-state index contributed by atoms with van der Waals surface area (Å²) in [4.78, 5) is 163. The van der Waals surface area contributed by atoms with Gasteiger partial charge in [-0.1, -0.05) is 128 Å². The average Bonchev–Trinajstić information content (AvgIpc) is 0.764. The number of nitrogens with two attached hydrogens (primary N) is 2. The van der Waals surface area contributed by atoms with Gasteiger partial charge in [0.25, 0.3) is 0 Å². The molecule has 0 saturated carbocycles. The SMILES string of the molecule is CC(=O)N[C@H]1[C@H](O[C@H]2[C@H](O[C@H](C)C(=O)N[C@@H](C)C(=O)N[C@H](CCC(=O)N[C@@H](CCCCNC(=O)C[C@@H](N)C(=O)O)C(=O)N[C@H](C)C(=O)N[C@H](C)C(=O)O)C(N)=O)[C@@H](NC(C)=O)[C@@H](OP(=O)(O)OP(=O)(O)OC/C=C(/C)CC/C=C(/C)CC/C=C(/C)CC/C=C(/C)CC/C=C(/C)CC/C=C(/C)CC/C=C(/C)CC/C=C(/C)CC/C=C(\C)CC/C=C(\C)CCC=C(C)C)O[C@@H]2CO)O[C@H](CO)[C@@H](O)[C@@H]1O. The zero-order chi connectivity index (χ0) is 104. The predicted octanol–water partition coefficient (Wildman–Crippen LogP) is 10.7. The van der Waals surface area contributed by atoms with E-state index in [4.69, 9.17) is 44.6 Å². The number of carboxylic acid groups (broad SMARTS) is 2. The van der Waals surface area contributed by atoms with Gasteiger partial charge in [-0.05, 0) is 265 Å². The van der Waals surface area contributed by atoms with E-state index in [0.29, 0.717) is 18.4 Å². The van der Waals surface area contributed by atoms with E-state index in [9.17, 15) is 97.2 Å². The van der Waals surface area contributed by atoms with Gasteiger partial charge >= 0.3 is 27.6 Å². The number of hydrogen-bond donors (Lipinski definition) is 18. The van der Waals surface area contributed by atoms with Crippen LogP contribution in [0.1, 0.15) is 292 Å². The van der Waals surface area contributed by atoms with Crippen molar-refractivity contribution in [2.75, 3.05) is 26.4 Å². The van der Waals surface area contributed by atoms with Crippen molar-refractivity contribution in [2.24, 2.45) is 11.5 Å². The number of carboxylic acids is 2. The van der Waals surface area contributed by atoms with Gasteiger partial charge < -0.3 is 113 Å². The highest BCUT2D eigenvalue weighted by Crippen LogP contribution is 2.61. The van der Waals surface area contributed by atoms with E-state index < -0.39 is 223 Å². The van der Waals surface area contributed by atoms with E-state index in [2.05, 4.69) is 177 Å². The Labute approximate surface area is 815 Å². The third kappa shape index (κ3) is 53.7. The molecule has 0 aromatic carbocycles. The van der Waals surface area contributed by atoms with Crippen LogP contribution in [0.15, 0.2) is 128 Å². The number of phosphoric ester groups is 2. The molecular weight excluding hydrogens is 1830 g/mol. The van der Waals surface area contributed by atoms with Crippen molar-refractivity contribution in [3.8, 4) is 0 Å². The number of hydrogen-bond acceptors (Lipinski definition) is 25. The first kappa shape index (κ1) is 125. The minimum Gasteiger partial charge on any atom is -0.480 e. The Balaban J connectivity index is 2.13. The number of ether oxygens (including phenoxy) is 4. The molecule has 20 N–H and O–H groups in total. The van der Waals surface area contributed by atoms with Crippen molar-refractivity contribution >= 4 is 80.7 Å². The molecule has 2 rings (SSSR count). The Morgan fingerprint density at radius 2 is 0.812 bits per heavy atom. The Morgan fingerprint density at radius 1 is 0.420 bits per heavy atom. The highest BCUT2D eigenvalue weighted by molar-refractivity contribution is 7.61. The molecule has 0 radical (unpaired) electrons. The minimum absolute atomic E-state index is 0.0179. The molecule has 2 aliphatic rings. The van der Waals surface area contributed by atoms with Crippen LogP contribution in [-0.4, -0.2) is 236 Å². The second-order valence-electron chi connectivity index (χ2n) is 36.5. The number of nitrogens with one attached hydrogen (secondary N) is 8. The van der Waals surface area contributed by atoms with Gasteiger partial charge in [0.15, 0.2) is 12.6 Å². The molecule has 2 heterocycles. The van der Waals surface area contributed by atoms with Gasteiger partial charge in [-0.15, -0.1) is 0 Å². The lowest BCUT2D eigenvalue weighted by atomic mass is 9.94. The number of phosphoric acid groups is 2. The third-order valence-electron chi connectivity index (χ3n) is 23.1. The smallest absolute Gasteiger partial charge is 0.480 e. The lowest BCUT2D eigenvalue weighted by Gasteiger charge is -2.49. The van der Waals surface area contributed by atoms with Gasteiger partial charge in [0.05, 0.1) is 26.2 Å². The lowest BCUT2D eigenvalue weighted by Crippen LogP contribution is -2.70.